The van der Waals surface area contributed by atoms with Crippen molar-refractivity contribution >= 4 is 23.6 Å². The molecular weight excluding hydrogens is 568 g/mol. The molecule has 8 atom stereocenters. The van der Waals surface area contributed by atoms with E-state index in [0.29, 0.717) is 55.8 Å². The van der Waals surface area contributed by atoms with Crippen LogP contribution < -0.4 is 0 Å². The number of piperidine rings is 1. The van der Waals surface area contributed by atoms with Crippen molar-refractivity contribution in [3.63, 3.8) is 0 Å². The highest BCUT2D eigenvalue weighted by atomic mass is 35.5. The SMILES string of the molecule is Cc1nc(CN2CCC(C3CCCC4O[C@](C)(C5CCC(Cl)CC5F)OC43)CC2)n(C[C@@H]2CCO2)c1/C=C(/F)C(=O)O. The summed E-state index contributed by atoms with van der Waals surface area (Å²) in [5.41, 5.74) is 1.10. The Morgan fingerprint density at radius 2 is 1.93 bits per heavy atom. The van der Waals surface area contributed by atoms with Crippen LogP contribution in [0.5, 0.6) is 0 Å². The lowest BCUT2D eigenvalue weighted by Gasteiger charge is -2.41. The van der Waals surface area contributed by atoms with Crippen molar-refractivity contribution < 1.29 is 32.9 Å². The molecule has 0 spiro atoms. The highest BCUT2D eigenvalue weighted by Gasteiger charge is 2.56. The Morgan fingerprint density at radius 1 is 1.17 bits per heavy atom. The molecule has 5 fully saturated rings. The Kier molecular flexibility index (Phi) is 9.00. The van der Waals surface area contributed by atoms with Crippen molar-refractivity contribution in [1.82, 2.24) is 14.5 Å². The minimum atomic E-state index is -1.58. The molecule has 3 aliphatic heterocycles. The average molecular weight is 612 g/mol. The molecule has 4 heterocycles. The Hall–Kier alpha value is -1.59. The molecule has 8 nitrogen and oxygen atoms in total. The number of halogens is 3. The van der Waals surface area contributed by atoms with E-state index >= 15 is 4.39 Å². The third kappa shape index (κ3) is 6.16. The third-order valence-electron chi connectivity index (χ3n) is 10.5. The summed E-state index contributed by atoms with van der Waals surface area (Å²) in [6.07, 6.45) is 8.12. The van der Waals surface area contributed by atoms with Gasteiger partial charge in [-0.05, 0) is 90.1 Å². The maximum Gasteiger partial charge on any atom is 0.364 e. The Morgan fingerprint density at radius 3 is 2.60 bits per heavy atom. The van der Waals surface area contributed by atoms with E-state index in [1.54, 1.807) is 6.92 Å². The van der Waals surface area contributed by atoms with E-state index in [9.17, 15) is 9.18 Å². The van der Waals surface area contributed by atoms with Gasteiger partial charge in [-0.3, -0.25) is 4.90 Å². The Labute approximate surface area is 251 Å². The highest BCUT2D eigenvalue weighted by Crippen LogP contribution is 2.50. The lowest BCUT2D eigenvalue weighted by atomic mass is 9.73. The van der Waals surface area contributed by atoms with Gasteiger partial charge in [0.2, 0.25) is 5.83 Å². The van der Waals surface area contributed by atoms with E-state index in [1.807, 2.05) is 11.5 Å². The summed E-state index contributed by atoms with van der Waals surface area (Å²) in [6.45, 7) is 7.39. The number of likely N-dealkylation sites (tertiary alicyclic amines) is 1. The van der Waals surface area contributed by atoms with Gasteiger partial charge < -0.3 is 23.9 Å². The van der Waals surface area contributed by atoms with Crippen LogP contribution in [0.1, 0.15) is 81.9 Å². The van der Waals surface area contributed by atoms with Crippen LogP contribution in [-0.4, -0.2) is 80.9 Å². The van der Waals surface area contributed by atoms with Crippen LogP contribution in [0.25, 0.3) is 6.08 Å². The van der Waals surface area contributed by atoms with Gasteiger partial charge in [0, 0.05) is 24.0 Å². The first kappa shape index (κ1) is 30.4. The standard InChI is InChI=1S/C31H44ClF2N3O5/c1-18-26(15-25(34)30(38)39)37(16-21-10-13-40-21)28(35-18)17-36-11-8-19(9-12-36)22-4-3-5-27-29(22)42-31(2,41-27)23-7-6-20(32)14-24(23)33/h15,19-24,27,29H,3-14,16-17H2,1-2H3,(H,38,39)/b25-15+/t20?,21-,22?,23?,24?,27?,29?,31-/m0/s1. The molecule has 3 saturated heterocycles. The molecule has 1 N–H and O–H groups in total. The fourth-order valence-corrected chi connectivity index (χ4v) is 8.39. The lowest BCUT2D eigenvalue weighted by molar-refractivity contribution is -0.219. The smallest absolute Gasteiger partial charge is 0.364 e. The van der Waals surface area contributed by atoms with Crippen molar-refractivity contribution in [2.75, 3.05) is 19.7 Å². The van der Waals surface area contributed by atoms with E-state index in [-0.39, 0.29) is 29.6 Å². The largest absolute Gasteiger partial charge is 0.476 e. The zero-order valence-electron chi connectivity index (χ0n) is 24.7. The first-order valence-electron chi connectivity index (χ1n) is 15.8. The van der Waals surface area contributed by atoms with E-state index in [0.717, 1.165) is 69.9 Å². The van der Waals surface area contributed by atoms with Crippen LogP contribution in [0.15, 0.2) is 5.83 Å². The van der Waals surface area contributed by atoms with Crippen LogP contribution in [0.4, 0.5) is 8.78 Å². The number of alkyl halides is 2. The van der Waals surface area contributed by atoms with Crippen LogP contribution in [0, 0.1) is 24.7 Å². The predicted octanol–water partition coefficient (Wildman–Crippen LogP) is 5.63. The zero-order chi connectivity index (χ0) is 29.6. The molecule has 11 heteroatoms. The second-order valence-electron chi connectivity index (χ2n) is 13.2. The number of hydrogen-bond acceptors (Lipinski definition) is 6. The maximum atomic E-state index is 15.1. The second kappa shape index (κ2) is 12.4. The molecule has 0 aromatic carbocycles. The number of nitrogens with zero attached hydrogens (tertiary/aromatic N) is 3. The normalized spacial score (nSPS) is 38.3. The summed E-state index contributed by atoms with van der Waals surface area (Å²) in [5.74, 6) is -2.24. The molecule has 1 aromatic heterocycles. The molecule has 0 amide bonds. The fraction of sp³-hybridized carbons (Fsp3) is 0.806. The summed E-state index contributed by atoms with van der Waals surface area (Å²) >= 11 is 6.24. The number of carboxylic acid groups (broad SMARTS) is 1. The number of carbonyl (C=O) groups is 1. The van der Waals surface area contributed by atoms with Crippen LogP contribution in [-0.2, 0) is 32.1 Å². The zero-order valence-corrected chi connectivity index (χ0v) is 25.4. The number of aromatic nitrogens is 2. The summed E-state index contributed by atoms with van der Waals surface area (Å²) in [7, 11) is 0. The van der Waals surface area contributed by atoms with E-state index < -0.39 is 23.8 Å². The number of carboxylic acids is 1. The molecule has 6 unspecified atom stereocenters. The molecule has 0 bridgehead atoms. The van der Waals surface area contributed by atoms with Gasteiger partial charge in [0.25, 0.3) is 0 Å². The van der Waals surface area contributed by atoms with Crippen molar-refractivity contribution in [2.24, 2.45) is 17.8 Å². The molecule has 42 heavy (non-hydrogen) atoms. The summed E-state index contributed by atoms with van der Waals surface area (Å²) in [4.78, 5) is 18.3. The highest BCUT2D eigenvalue weighted by molar-refractivity contribution is 6.20. The van der Waals surface area contributed by atoms with Gasteiger partial charge in [-0.1, -0.05) is 6.42 Å². The average Bonchev–Trinajstić information content (AvgIpc) is 3.42. The van der Waals surface area contributed by atoms with Crippen molar-refractivity contribution in [3.05, 3.63) is 23.0 Å². The summed E-state index contributed by atoms with van der Waals surface area (Å²) in [5, 5.41) is 8.99. The molecule has 234 valence electrons. The molecule has 0 radical (unpaired) electrons. The monoisotopic (exact) mass is 611 g/mol. The van der Waals surface area contributed by atoms with E-state index in [4.69, 9.17) is 35.9 Å². The number of fused-ring (bicyclic) bond motifs is 1. The molecular formula is C31H44ClF2N3O5. The predicted molar refractivity (Wildman–Crippen MR) is 153 cm³/mol. The van der Waals surface area contributed by atoms with Gasteiger partial charge in [-0.15, -0.1) is 11.6 Å². The Bertz CT molecular complexity index is 1170. The molecule has 2 aliphatic carbocycles. The number of imidazole rings is 1. The van der Waals surface area contributed by atoms with Gasteiger partial charge in [0.05, 0.1) is 42.8 Å². The lowest BCUT2D eigenvalue weighted by Crippen LogP contribution is -2.46. The van der Waals surface area contributed by atoms with Crippen LogP contribution >= 0.6 is 11.6 Å². The number of ether oxygens (including phenoxy) is 3. The van der Waals surface area contributed by atoms with Gasteiger partial charge in [-0.25, -0.2) is 14.2 Å². The number of aliphatic carboxylic acids is 1. The van der Waals surface area contributed by atoms with Crippen molar-refractivity contribution in [3.8, 4) is 0 Å². The topological polar surface area (TPSA) is 86.0 Å². The molecule has 5 aliphatic rings. The van der Waals surface area contributed by atoms with Gasteiger partial charge in [0.15, 0.2) is 5.79 Å². The first-order chi connectivity index (χ1) is 20.1. The maximum absolute atomic E-state index is 15.1. The van der Waals surface area contributed by atoms with E-state index in [1.165, 1.54) is 0 Å². The molecule has 2 saturated carbocycles. The van der Waals surface area contributed by atoms with Crippen LogP contribution in [0.3, 0.4) is 0 Å². The number of hydrogen-bond donors (Lipinski definition) is 1. The second-order valence-corrected chi connectivity index (χ2v) is 13.8. The van der Waals surface area contributed by atoms with Crippen molar-refractivity contribution in [1.29, 1.82) is 0 Å². The fourth-order valence-electron chi connectivity index (χ4n) is 8.09. The quantitative estimate of drug-likeness (QED) is 0.301. The van der Waals surface area contributed by atoms with Crippen LogP contribution in [0.2, 0.25) is 0 Å². The number of aryl methyl sites for hydroxylation is 1. The first-order valence-corrected chi connectivity index (χ1v) is 16.2. The Balaban J connectivity index is 1.10. The summed E-state index contributed by atoms with van der Waals surface area (Å²) < 4.78 is 50.0. The minimum absolute atomic E-state index is 0.00345. The molecule has 1 aromatic rings. The number of rotatable bonds is 8. The van der Waals surface area contributed by atoms with E-state index in [2.05, 4.69) is 4.90 Å². The minimum Gasteiger partial charge on any atom is -0.476 e. The van der Waals surface area contributed by atoms with Gasteiger partial charge in [-0.2, -0.15) is 4.39 Å². The summed E-state index contributed by atoms with van der Waals surface area (Å²) in [6, 6.07) is 0. The van der Waals surface area contributed by atoms with Crippen molar-refractivity contribution in [2.45, 2.75) is 120 Å². The molecule has 6 rings (SSSR count). The third-order valence-corrected chi connectivity index (χ3v) is 10.9. The van der Waals surface area contributed by atoms with Gasteiger partial charge in [0.1, 0.15) is 12.0 Å². The van der Waals surface area contributed by atoms with Gasteiger partial charge >= 0.3 is 5.97 Å².